The summed E-state index contributed by atoms with van der Waals surface area (Å²) < 4.78 is 23.0. The van der Waals surface area contributed by atoms with E-state index in [1.165, 1.54) is 0 Å². The van der Waals surface area contributed by atoms with Crippen molar-refractivity contribution in [1.29, 1.82) is 0 Å². The molecule has 0 saturated carbocycles. The van der Waals surface area contributed by atoms with Gasteiger partial charge in [-0.1, -0.05) is 6.07 Å². The van der Waals surface area contributed by atoms with Crippen LogP contribution >= 0.6 is 0 Å². The topological polar surface area (TPSA) is 79.3 Å². The third kappa shape index (κ3) is 3.03. The third-order valence-electron chi connectivity index (χ3n) is 6.99. The number of hydrogen-bond acceptors (Lipinski definition) is 5. The number of morpholine rings is 1. The molecule has 1 N–H and O–H groups in total. The second-order valence-corrected chi connectivity index (χ2v) is 8.98. The first-order valence-electron chi connectivity index (χ1n) is 11.4. The average molecular weight is 461 g/mol. The number of carbonyl (C=O) groups is 1. The number of carbonyl (C=O) groups excluding carboxylic acids is 1. The van der Waals surface area contributed by atoms with Crippen molar-refractivity contribution in [2.24, 2.45) is 7.05 Å². The molecule has 1 fully saturated rings. The molecule has 4 aromatic rings. The molecule has 2 aromatic heterocycles. The summed E-state index contributed by atoms with van der Waals surface area (Å²) in [5.74, 6) is -0.592. The number of benzene rings is 2. The zero-order valence-electron chi connectivity index (χ0n) is 19.2. The summed E-state index contributed by atoms with van der Waals surface area (Å²) in [6, 6.07) is 10.4. The van der Waals surface area contributed by atoms with E-state index in [9.17, 15) is 4.79 Å². The molecular weight excluding hydrogens is 435 g/mol. The van der Waals surface area contributed by atoms with Crippen LogP contribution < -0.4 is 9.80 Å². The van der Waals surface area contributed by atoms with Crippen molar-refractivity contribution >= 4 is 28.3 Å². The van der Waals surface area contributed by atoms with Crippen LogP contribution in [0.4, 0.5) is 15.8 Å². The molecule has 0 radical (unpaired) electrons. The lowest BCUT2D eigenvalue weighted by Gasteiger charge is -2.35. The fraction of sp³-hybridized carbons (Fsp3) is 0.320. The standard InChI is InChI=1S/C25H25FN6O2/c1-14-12-34-9-8-31(14)16-4-6-18(19(26)10-16)24-22-15(2)30(3)29-23(22)25(33)32(24)17-5-7-20-21(11-17)28-13-27-20/h4-7,10-11,13-14,24H,8-9,12H2,1-3H3,(H,27,28). The number of ether oxygens (including phenoxy) is 1. The molecule has 1 saturated heterocycles. The van der Waals surface area contributed by atoms with Crippen molar-refractivity contribution in [3.05, 3.63) is 71.1 Å². The number of nitrogens with one attached hydrogen (secondary N) is 1. The molecule has 0 bridgehead atoms. The summed E-state index contributed by atoms with van der Waals surface area (Å²) >= 11 is 0. The molecule has 2 atom stereocenters. The van der Waals surface area contributed by atoms with E-state index < -0.39 is 6.04 Å². The van der Waals surface area contributed by atoms with Crippen molar-refractivity contribution in [3.63, 3.8) is 0 Å². The molecular formula is C25H25FN6O2. The van der Waals surface area contributed by atoms with Gasteiger partial charge in [-0.3, -0.25) is 14.4 Å². The SMILES string of the molecule is Cc1c2c(nn1C)C(=O)N(c1ccc3nc[nH]c3c1)C2c1ccc(N2CCOCC2C)cc1F. The van der Waals surface area contributed by atoms with E-state index in [4.69, 9.17) is 4.74 Å². The number of hydrogen-bond donors (Lipinski definition) is 1. The lowest BCUT2D eigenvalue weighted by atomic mass is 9.97. The van der Waals surface area contributed by atoms with Gasteiger partial charge in [-0.15, -0.1) is 0 Å². The van der Waals surface area contributed by atoms with Gasteiger partial charge >= 0.3 is 0 Å². The zero-order chi connectivity index (χ0) is 23.6. The van der Waals surface area contributed by atoms with Crippen LogP contribution in [0.15, 0.2) is 42.7 Å². The highest BCUT2D eigenvalue weighted by Gasteiger charge is 2.44. The molecule has 9 heteroatoms. The first-order valence-corrected chi connectivity index (χ1v) is 11.4. The summed E-state index contributed by atoms with van der Waals surface area (Å²) in [4.78, 5) is 24.7. The van der Waals surface area contributed by atoms with Crippen LogP contribution in [-0.4, -0.2) is 51.5 Å². The average Bonchev–Trinajstić information content (AvgIpc) is 3.49. The quantitative estimate of drug-likeness (QED) is 0.504. The molecule has 2 aromatic carbocycles. The number of halogens is 1. The minimum Gasteiger partial charge on any atom is -0.377 e. The van der Waals surface area contributed by atoms with Gasteiger partial charge in [0.05, 0.1) is 36.6 Å². The fourth-order valence-corrected chi connectivity index (χ4v) is 5.13. The number of nitrogens with zero attached hydrogens (tertiary/aromatic N) is 5. The Kier molecular flexibility index (Phi) is 4.70. The van der Waals surface area contributed by atoms with Gasteiger partial charge in [-0.2, -0.15) is 5.10 Å². The van der Waals surface area contributed by atoms with E-state index in [1.807, 2.05) is 31.2 Å². The molecule has 1 amide bonds. The monoisotopic (exact) mass is 460 g/mol. The second-order valence-electron chi connectivity index (χ2n) is 8.98. The largest absolute Gasteiger partial charge is 0.377 e. The number of H-pyrrole nitrogens is 1. The molecule has 0 spiro atoms. The second kappa shape index (κ2) is 7.66. The molecule has 2 unspecified atom stereocenters. The molecule has 4 heterocycles. The number of anilines is 2. The van der Waals surface area contributed by atoms with Crippen molar-refractivity contribution in [2.75, 3.05) is 29.6 Å². The van der Waals surface area contributed by atoms with Crippen LogP contribution in [0.3, 0.4) is 0 Å². The predicted octanol–water partition coefficient (Wildman–Crippen LogP) is 3.72. The Morgan fingerprint density at radius 3 is 2.79 bits per heavy atom. The molecule has 2 aliphatic rings. The number of aryl methyl sites for hydroxylation is 1. The molecule has 0 aliphatic carbocycles. The lowest BCUT2D eigenvalue weighted by molar-refractivity contribution is 0.0985. The number of imidazole rings is 1. The molecule has 6 rings (SSSR count). The van der Waals surface area contributed by atoms with E-state index in [2.05, 4.69) is 26.9 Å². The van der Waals surface area contributed by atoms with Crippen molar-refractivity contribution < 1.29 is 13.9 Å². The summed E-state index contributed by atoms with van der Waals surface area (Å²) in [6.07, 6.45) is 1.61. The minimum absolute atomic E-state index is 0.164. The van der Waals surface area contributed by atoms with Crippen LogP contribution in [-0.2, 0) is 11.8 Å². The Labute approximate surface area is 195 Å². The predicted molar refractivity (Wildman–Crippen MR) is 127 cm³/mol. The number of rotatable bonds is 3. The Hall–Kier alpha value is -3.72. The van der Waals surface area contributed by atoms with E-state index in [0.29, 0.717) is 36.7 Å². The van der Waals surface area contributed by atoms with E-state index in [1.54, 1.807) is 35.1 Å². The number of aromatic nitrogens is 4. The van der Waals surface area contributed by atoms with Crippen molar-refractivity contribution in [3.8, 4) is 0 Å². The van der Waals surface area contributed by atoms with E-state index in [-0.39, 0.29) is 17.8 Å². The van der Waals surface area contributed by atoms with E-state index in [0.717, 1.165) is 28.0 Å². The maximum absolute atomic E-state index is 15.8. The first kappa shape index (κ1) is 20.9. The summed E-state index contributed by atoms with van der Waals surface area (Å²) in [5, 5.41) is 4.47. The number of aromatic amines is 1. The van der Waals surface area contributed by atoms with Gasteiger partial charge in [0.25, 0.3) is 5.91 Å². The zero-order valence-corrected chi connectivity index (χ0v) is 19.2. The molecule has 174 valence electrons. The van der Waals surface area contributed by atoms with Crippen LogP contribution in [0.25, 0.3) is 11.0 Å². The van der Waals surface area contributed by atoms with Crippen LogP contribution in [0.2, 0.25) is 0 Å². The first-order chi connectivity index (χ1) is 16.4. The summed E-state index contributed by atoms with van der Waals surface area (Å²) in [5.41, 5.74) is 5.47. The summed E-state index contributed by atoms with van der Waals surface area (Å²) in [6.45, 7) is 5.92. The van der Waals surface area contributed by atoms with Gasteiger partial charge in [0.15, 0.2) is 5.69 Å². The maximum atomic E-state index is 15.8. The lowest BCUT2D eigenvalue weighted by Crippen LogP contribution is -2.43. The Bertz CT molecular complexity index is 1430. The Morgan fingerprint density at radius 2 is 2.00 bits per heavy atom. The Morgan fingerprint density at radius 1 is 1.18 bits per heavy atom. The minimum atomic E-state index is -0.618. The van der Waals surface area contributed by atoms with Gasteiger partial charge in [0.1, 0.15) is 5.82 Å². The maximum Gasteiger partial charge on any atom is 0.280 e. The third-order valence-corrected chi connectivity index (χ3v) is 6.99. The molecule has 2 aliphatic heterocycles. The smallest absolute Gasteiger partial charge is 0.280 e. The molecule has 8 nitrogen and oxygen atoms in total. The Balaban J connectivity index is 1.48. The van der Waals surface area contributed by atoms with Crippen molar-refractivity contribution in [1.82, 2.24) is 19.7 Å². The highest BCUT2D eigenvalue weighted by molar-refractivity contribution is 6.11. The van der Waals surface area contributed by atoms with Crippen LogP contribution in [0, 0.1) is 12.7 Å². The number of fused-ring (bicyclic) bond motifs is 2. The van der Waals surface area contributed by atoms with Gasteiger partial charge in [0, 0.05) is 47.8 Å². The fourth-order valence-electron chi connectivity index (χ4n) is 5.13. The number of amides is 1. The normalized spacial score (nSPS) is 20.4. The van der Waals surface area contributed by atoms with E-state index >= 15 is 4.39 Å². The van der Waals surface area contributed by atoms with Gasteiger partial charge in [-0.05, 0) is 44.2 Å². The van der Waals surface area contributed by atoms with Gasteiger partial charge in [0.2, 0.25) is 0 Å². The highest BCUT2D eigenvalue weighted by Crippen LogP contribution is 2.44. The molecule has 34 heavy (non-hydrogen) atoms. The highest BCUT2D eigenvalue weighted by atomic mass is 19.1. The summed E-state index contributed by atoms with van der Waals surface area (Å²) in [7, 11) is 1.80. The van der Waals surface area contributed by atoms with Crippen LogP contribution in [0.5, 0.6) is 0 Å². The van der Waals surface area contributed by atoms with Gasteiger partial charge < -0.3 is 14.6 Å². The van der Waals surface area contributed by atoms with Crippen molar-refractivity contribution in [2.45, 2.75) is 25.9 Å². The van der Waals surface area contributed by atoms with Gasteiger partial charge in [-0.25, -0.2) is 9.37 Å². The van der Waals surface area contributed by atoms with Crippen LogP contribution in [0.1, 0.15) is 40.3 Å².